The van der Waals surface area contributed by atoms with E-state index < -0.39 is 11.7 Å². The number of nitrogens with one attached hydrogen (secondary N) is 2. The summed E-state index contributed by atoms with van der Waals surface area (Å²) in [6.45, 7) is 5.34. The highest BCUT2D eigenvalue weighted by Gasteiger charge is 2.17. The Morgan fingerprint density at radius 3 is 2.50 bits per heavy atom. The molecule has 0 aliphatic carbocycles. The first-order chi connectivity index (χ1) is 15.2. The van der Waals surface area contributed by atoms with Crippen LogP contribution < -0.4 is 10.6 Å². The molecule has 0 unspecified atom stereocenters. The number of fused-ring (bicyclic) bond motifs is 1. The predicted octanol–water partition coefficient (Wildman–Crippen LogP) is 5.61. The summed E-state index contributed by atoms with van der Waals surface area (Å²) < 4.78 is 6.85. The monoisotopic (exact) mass is 471 g/mol. The lowest BCUT2D eigenvalue weighted by Crippen LogP contribution is -2.27. The molecule has 4 rings (SSSR count). The van der Waals surface area contributed by atoms with Gasteiger partial charge in [-0.3, -0.25) is 5.32 Å². The quantitative estimate of drug-likeness (QED) is 0.398. The van der Waals surface area contributed by atoms with E-state index in [1.165, 1.54) is 6.33 Å². The number of carbonyl (C=O) groups is 1. The molecule has 0 fully saturated rings. The summed E-state index contributed by atoms with van der Waals surface area (Å²) in [5.41, 5.74) is 0.631. The van der Waals surface area contributed by atoms with Crippen LogP contribution in [0.15, 0.2) is 49.1 Å². The summed E-state index contributed by atoms with van der Waals surface area (Å²) in [4.78, 5) is 24.6. The van der Waals surface area contributed by atoms with Crippen molar-refractivity contribution in [2.24, 2.45) is 0 Å². The number of para-hydroxylation sites is 1. The minimum atomic E-state index is -0.623. The van der Waals surface area contributed by atoms with E-state index in [4.69, 9.17) is 27.9 Å². The molecule has 2 N–H and O–H groups in total. The van der Waals surface area contributed by atoms with Gasteiger partial charge in [-0.15, -0.1) is 0 Å². The van der Waals surface area contributed by atoms with Gasteiger partial charge >= 0.3 is 6.09 Å². The van der Waals surface area contributed by atoms with Crippen LogP contribution in [-0.2, 0) is 4.74 Å². The number of rotatable bonds is 4. The molecule has 4 aromatic rings. The summed E-state index contributed by atoms with van der Waals surface area (Å²) in [5, 5.41) is 11.9. The molecule has 9 nitrogen and oxygen atoms in total. The van der Waals surface area contributed by atoms with E-state index in [9.17, 15) is 4.79 Å². The van der Waals surface area contributed by atoms with Gasteiger partial charge in [0.2, 0.25) is 0 Å². The van der Waals surface area contributed by atoms with Crippen molar-refractivity contribution in [3.05, 3.63) is 59.1 Å². The highest BCUT2D eigenvalue weighted by molar-refractivity contribution is 6.37. The molecule has 32 heavy (non-hydrogen) atoms. The first kappa shape index (κ1) is 21.8. The van der Waals surface area contributed by atoms with Crippen LogP contribution in [-0.4, -0.2) is 36.4 Å². The van der Waals surface area contributed by atoms with Gasteiger partial charge in [0.15, 0.2) is 0 Å². The van der Waals surface area contributed by atoms with Crippen molar-refractivity contribution in [1.82, 2.24) is 24.7 Å². The van der Waals surface area contributed by atoms with Crippen molar-refractivity contribution in [1.29, 1.82) is 0 Å². The van der Waals surface area contributed by atoms with E-state index in [2.05, 4.69) is 30.7 Å². The highest BCUT2D eigenvalue weighted by atomic mass is 35.5. The van der Waals surface area contributed by atoms with Crippen molar-refractivity contribution < 1.29 is 9.53 Å². The number of ether oxygens (including phenoxy) is 1. The number of carbonyl (C=O) groups excluding carboxylic acids is 1. The second-order valence-corrected chi connectivity index (χ2v) is 8.59. The van der Waals surface area contributed by atoms with Gasteiger partial charge < -0.3 is 10.1 Å². The minimum absolute atomic E-state index is 0.280. The molecule has 0 bridgehead atoms. The van der Waals surface area contributed by atoms with Crippen LogP contribution in [0.3, 0.4) is 0 Å². The molecule has 0 aliphatic rings. The normalized spacial score (nSPS) is 11.4. The minimum Gasteiger partial charge on any atom is -0.444 e. The summed E-state index contributed by atoms with van der Waals surface area (Å²) in [5.74, 6) is 1.22. The van der Waals surface area contributed by atoms with Gasteiger partial charge in [0.1, 0.15) is 35.1 Å². The second kappa shape index (κ2) is 8.60. The molecule has 1 aromatic carbocycles. The first-order valence-electron chi connectivity index (χ1n) is 9.57. The molecule has 1 amide bonds. The van der Waals surface area contributed by atoms with Gasteiger partial charge in [-0.05, 0) is 39.0 Å². The number of nitrogens with zero attached hydrogens (tertiary/aromatic N) is 5. The number of hydrogen-bond donors (Lipinski definition) is 2. The van der Waals surface area contributed by atoms with Gasteiger partial charge in [-0.25, -0.2) is 24.4 Å². The Kier molecular flexibility index (Phi) is 5.86. The number of hydrogen-bond acceptors (Lipinski definition) is 7. The molecule has 0 spiro atoms. The van der Waals surface area contributed by atoms with Crippen LogP contribution in [0.5, 0.6) is 0 Å². The molecule has 3 aromatic heterocycles. The zero-order valence-electron chi connectivity index (χ0n) is 17.4. The Hall–Kier alpha value is -3.43. The summed E-state index contributed by atoms with van der Waals surface area (Å²) >= 11 is 12.6. The Bertz CT molecular complexity index is 1280. The van der Waals surface area contributed by atoms with Crippen LogP contribution in [0.2, 0.25) is 10.0 Å². The summed E-state index contributed by atoms with van der Waals surface area (Å²) in [6, 6.07) is 8.60. The number of amides is 1. The maximum Gasteiger partial charge on any atom is 0.413 e. The molecule has 3 heterocycles. The standard InChI is InChI=1S/C21H19Cl2N7O2/c1-21(2,3)32-20(31)28-17-9-16(25-11-26-17)27-19-12-10-30(29-15(12)7-8-24-19)18-13(22)5-4-6-14(18)23/h4-11H,1-3H3,(H2,24,25,26,27,28,31). The highest BCUT2D eigenvalue weighted by Crippen LogP contribution is 2.31. The van der Waals surface area contributed by atoms with Crippen LogP contribution in [0.4, 0.5) is 22.2 Å². The van der Waals surface area contributed by atoms with Crippen molar-refractivity contribution >= 4 is 57.7 Å². The Labute approximate surface area is 193 Å². The number of benzene rings is 1. The maximum absolute atomic E-state index is 12.0. The van der Waals surface area contributed by atoms with Crippen LogP contribution in [0, 0.1) is 0 Å². The number of anilines is 3. The van der Waals surface area contributed by atoms with Crippen LogP contribution in [0.25, 0.3) is 16.6 Å². The lowest BCUT2D eigenvalue weighted by molar-refractivity contribution is 0.0635. The zero-order chi connectivity index (χ0) is 22.9. The molecule has 164 valence electrons. The first-order valence-corrected chi connectivity index (χ1v) is 10.3. The topological polar surface area (TPSA) is 107 Å². The smallest absolute Gasteiger partial charge is 0.413 e. The molecular formula is C21H19Cl2N7O2. The average molecular weight is 472 g/mol. The van der Waals surface area contributed by atoms with Gasteiger partial charge in [0, 0.05) is 18.5 Å². The third-order valence-corrected chi connectivity index (χ3v) is 4.75. The van der Waals surface area contributed by atoms with Gasteiger partial charge in [0.25, 0.3) is 0 Å². The van der Waals surface area contributed by atoms with E-state index in [1.54, 1.807) is 68.2 Å². The lowest BCUT2D eigenvalue weighted by Gasteiger charge is -2.19. The number of halogens is 2. The van der Waals surface area contributed by atoms with Crippen molar-refractivity contribution in [3.8, 4) is 5.69 Å². The maximum atomic E-state index is 12.0. The largest absolute Gasteiger partial charge is 0.444 e. The fourth-order valence-corrected chi connectivity index (χ4v) is 3.46. The van der Waals surface area contributed by atoms with Crippen molar-refractivity contribution in [3.63, 3.8) is 0 Å². The predicted molar refractivity (Wildman–Crippen MR) is 124 cm³/mol. The fourth-order valence-electron chi connectivity index (χ4n) is 2.89. The van der Waals surface area contributed by atoms with E-state index in [-0.39, 0.29) is 5.82 Å². The molecule has 0 saturated heterocycles. The van der Waals surface area contributed by atoms with E-state index in [1.807, 2.05) is 0 Å². The Morgan fingerprint density at radius 2 is 1.78 bits per heavy atom. The average Bonchev–Trinajstić information content (AvgIpc) is 3.11. The lowest BCUT2D eigenvalue weighted by atomic mass is 10.2. The van der Waals surface area contributed by atoms with Crippen LogP contribution in [0.1, 0.15) is 20.8 Å². The van der Waals surface area contributed by atoms with Crippen molar-refractivity contribution in [2.45, 2.75) is 26.4 Å². The Morgan fingerprint density at radius 1 is 1.06 bits per heavy atom. The molecule has 0 radical (unpaired) electrons. The number of aromatic nitrogens is 5. The fraction of sp³-hybridized carbons (Fsp3) is 0.190. The Balaban J connectivity index is 1.62. The zero-order valence-corrected chi connectivity index (χ0v) is 18.9. The van der Waals surface area contributed by atoms with Gasteiger partial charge in [-0.1, -0.05) is 29.3 Å². The van der Waals surface area contributed by atoms with Crippen LogP contribution >= 0.6 is 23.2 Å². The third-order valence-electron chi connectivity index (χ3n) is 4.14. The molecule has 11 heteroatoms. The third kappa shape index (κ3) is 4.90. The summed E-state index contributed by atoms with van der Waals surface area (Å²) in [6.07, 6.45) is 4.11. The van der Waals surface area contributed by atoms with E-state index in [0.717, 1.165) is 5.39 Å². The van der Waals surface area contributed by atoms with E-state index in [0.29, 0.717) is 32.9 Å². The van der Waals surface area contributed by atoms with Gasteiger partial charge in [-0.2, -0.15) is 5.10 Å². The van der Waals surface area contributed by atoms with E-state index >= 15 is 0 Å². The summed E-state index contributed by atoms with van der Waals surface area (Å²) in [7, 11) is 0. The molecule has 0 atom stereocenters. The SMILES string of the molecule is CC(C)(C)OC(=O)Nc1cc(Nc2nccc3nn(-c4c(Cl)cccc4Cl)cc23)ncn1. The molecule has 0 saturated carbocycles. The molecular weight excluding hydrogens is 453 g/mol. The number of pyridine rings is 1. The van der Waals surface area contributed by atoms with Gasteiger partial charge in [0.05, 0.1) is 20.9 Å². The second-order valence-electron chi connectivity index (χ2n) is 7.78. The molecule has 0 aliphatic heterocycles. The van der Waals surface area contributed by atoms with Crippen molar-refractivity contribution in [2.75, 3.05) is 10.6 Å².